The Labute approximate surface area is 108 Å². The summed E-state index contributed by atoms with van der Waals surface area (Å²) in [6.07, 6.45) is 4.40. The van der Waals surface area contributed by atoms with Crippen molar-refractivity contribution >= 4 is 11.9 Å². The molecule has 0 spiro atoms. The monoisotopic (exact) mass is 257 g/mol. The molecule has 0 saturated carbocycles. The van der Waals surface area contributed by atoms with Crippen LogP contribution in [0.25, 0.3) is 0 Å². The number of rotatable bonds is 6. The number of ether oxygens (including phenoxy) is 1. The van der Waals surface area contributed by atoms with Gasteiger partial charge in [0, 0.05) is 39.5 Å². The predicted molar refractivity (Wildman–Crippen MR) is 67.3 cm³/mol. The third-order valence-electron chi connectivity index (χ3n) is 3.70. The number of carbonyl (C=O) groups is 2. The van der Waals surface area contributed by atoms with E-state index >= 15 is 0 Å². The van der Waals surface area contributed by atoms with Gasteiger partial charge in [-0.25, -0.2) is 4.79 Å². The highest BCUT2D eigenvalue weighted by molar-refractivity contribution is 5.79. The van der Waals surface area contributed by atoms with Crippen LogP contribution in [0.1, 0.15) is 45.4 Å². The van der Waals surface area contributed by atoms with Crippen molar-refractivity contribution in [3.63, 3.8) is 0 Å². The second kappa shape index (κ2) is 6.73. The van der Waals surface area contributed by atoms with Crippen molar-refractivity contribution in [1.29, 1.82) is 0 Å². The summed E-state index contributed by atoms with van der Waals surface area (Å²) < 4.78 is 5.13. The fourth-order valence-corrected chi connectivity index (χ4v) is 2.31. The van der Waals surface area contributed by atoms with E-state index in [0.717, 1.165) is 19.3 Å². The summed E-state index contributed by atoms with van der Waals surface area (Å²) in [5, 5.41) is 9.16. The van der Waals surface area contributed by atoms with E-state index in [1.807, 2.05) is 0 Å². The number of carboxylic acids is 1. The molecule has 1 heterocycles. The molecule has 0 aromatic heterocycles. The second-order valence-electron chi connectivity index (χ2n) is 4.84. The largest absolute Gasteiger partial charge is 0.479 e. The third kappa shape index (κ3) is 3.45. The molecule has 1 N–H and O–H groups in total. The SMILES string of the molecule is CCCCCC(=O)N1CCC(OC)(C(=O)O)CC1. The van der Waals surface area contributed by atoms with Gasteiger partial charge < -0.3 is 14.7 Å². The molecule has 0 aromatic carbocycles. The number of unbranched alkanes of at least 4 members (excludes halogenated alkanes) is 2. The van der Waals surface area contributed by atoms with E-state index in [1.165, 1.54) is 7.11 Å². The zero-order valence-corrected chi connectivity index (χ0v) is 11.3. The zero-order chi connectivity index (χ0) is 13.6. The van der Waals surface area contributed by atoms with Gasteiger partial charge in [0.05, 0.1) is 0 Å². The van der Waals surface area contributed by atoms with E-state index in [2.05, 4.69) is 6.92 Å². The molecular weight excluding hydrogens is 234 g/mol. The first-order valence-corrected chi connectivity index (χ1v) is 6.62. The fourth-order valence-electron chi connectivity index (χ4n) is 2.31. The topological polar surface area (TPSA) is 66.8 Å². The molecule has 1 aliphatic rings. The molecule has 1 rings (SSSR count). The zero-order valence-electron chi connectivity index (χ0n) is 11.3. The lowest BCUT2D eigenvalue weighted by Crippen LogP contribution is -2.52. The molecular formula is C13H23NO4. The third-order valence-corrected chi connectivity index (χ3v) is 3.70. The average Bonchev–Trinajstić information content (AvgIpc) is 2.38. The first-order valence-electron chi connectivity index (χ1n) is 6.62. The number of aliphatic carboxylic acids is 1. The standard InChI is InChI=1S/C13H23NO4/c1-3-4-5-6-11(15)14-9-7-13(18-2,8-10-14)12(16)17/h3-10H2,1-2H3,(H,16,17). The highest BCUT2D eigenvalue weighted by atomic mass is 16.5. The van der Waals surface area contributed by atoms with Gasteiger partial charge in [0.15, 0.2) is 5.60 Å². The fraction of sp³-hybridized carbons (Fsp3) is 0.846. The number of carboxylic acid groups (broad SMARTS) is 1. The molecule has 0 atom stereocenters. The first-order chi connectivity index (χ1) is 8.55. The van der Waals surface area contributed by atoms with Crippen LogP contribution in [-0.4, -0.2) is 47.7 Å². The van der Waals surface area contributed by atoms with Gasteiger partial charge in [-0.1, -0.05) is 19.8 Å². The van der Waals surface area contributed by atoms with E-state index in [4.69, 9.17) is 9.84 Å². The van der Waals surface area contributed by atoms with E-state index < -0.39 is 11.6 Å². The summed E-state index contributed by atoms with van der Waals surface area (Å²) in [6, 6.07) is 0. The molecule has 1 aliphatic heterocycles. The highest BCUT2D eigenvalue weighted by Gasteiger charge is 2.42. The summed E-state index contributed by atoms with van der Waals surface area (Å²) in [7, 11) is 1.42. The van der Waals surface area contributed by atoms with Gasteiger partial charge in [0.2, 0.25) is 5.91 Å². The predicted octanol–water partition coefficient (Wildman–Crippen LogP) is 1.66. The van der Waals surface area contributed by atoms with Crippen LogP contribution in [0.3, 0.4) is 0 Å². The Morgan fingerprint density at radius 3 is 2.33 bits per heavy atom. The summed E-state index contributed by atoms with van der Waals surface area (Å²) in [4.78, 5) is 24.8. The molecule has 0 radical (unpaired) electrons. The lowest BCUT2D eigenvalue weighted by Gasteiger charge is -2.37. The molecule has 0 bridgehead atoms. The molecule has 1 amide bonds. The van der Waals surface area contributed by atoms with Crippen LogP contribution in [0.15, 0.2) is 0 Å². The molecule has 18 heavy (non-hydrogen) atoms. The molecule has 104 valence electrons. The van der Waals surface area contributed by atoms with Crippen molar-refractivity contribution in [2.75, 3.05) is 20.2 Å². The van der Waals surface area contributed by atoms with Gasteiger partial charge in [0.1, 0.15) is 0 Å². The number of piperidine rings is 1. The Morgan fingerprint density at radius 1 is 1.28 bits per heavy atom. The van der Waals surface area contributed by atoms with Crippen molar-refractivity contribution in [3.05, 3.63) is 0 Å². The van der Waals surface area contributed by atoms with Crippen LogP contribution in [0.4, 0.5) is 0 Å². The van der Waals surface area contributed by atoms with Gasteiger partial charge in [-0.3, -0.25) is 4.79 Å². The van der Waals surface area contributed by atoms with Crippen molar-refractivity contribution in [2.45, 2.75) is 51.0 Å². The van der Waals surface area contributed by atoms with Crippen LogP contribution in [0.5, 0.6) is 0 Å². The molecule has 0 unspecified atom stereocenters. The Kier molecular flexibility index (Phi) is 5.59. The Morgan fingerprint density at radius 2 is 1.89 bits per heavy atom. The quantitative estimate of drug-likeness (QED) is 0.735. The first kappa shape index (κ1) is 15.0. The summed E-state index contributed by atoms with van der Waals surface area (Å²) in [6.45, 7) is 3.06. The maximum absolute atomic E-state index is 11.9. The minimum Gasteiger partial charge on any atom is -0.479 e. The number of carbonyl (C=O) groups excluding carboxylic acids is 1. The maximum Gasteiger partial charge on any atom is 0.336 e. The maximum atomic E-state index is 11.9. The molecule has 0 aliphatic carbocycles. The average molecular weight is 257 g/mol. The van der Waals surface area contributed by atoms with Gasteiger partial charge in [0.25, 0.3) is 0 Å². The van der Waals surface area contributed by atoms with Crippen molar-refractivity contribution in [2.24, 2.45) is 0 Å². The second-order valence-corrected chi connectivity index (χ2v) is 4.84. The Balaban J connectivity index is 2.43. The van der Waals surface area contributed by atoms with Crippen LogP contribution in [0, 0.1) is 0 Å². The summed E-state index contributed by atoms with van der Waals surface area (Å²) in [5.74, 6) is -0.790. The van der Waals surface area contributed by atoms with Crippen LogP contribution in [0.2, 0.25) is 0 Å². The van der Waals surface area contributed by atoms with Gasteiger partial charge >= 0.3 is 5.97 Å². The van der Waals surface area contributed by atoms with Crippen molar-refractivity contribution in [3.8, 4) is 0 Å². The number of likely N-dealkylation sites (tertiary alicyclic amines) is 1. The molecule has 5 heteroatoms. The number of methoxy groups -OCH3 is 1. The van der Waals surface area contributed by atoms with E-state index in [-0.39, 0.29) is 5.91 Å². The van der Waals surface area contributed by atoms with Crippen LogP contribution in [-0.2, 0) is 14.3 Å². The molecule has 1 fully saturated rings. The normalized spacial score (nSPS) is 18.7. The summed E-state index contributed by atoms with van der Waals surface area (Å²) in [5.41, 5.74) is -1.10. The lowest BCUT2D eigenvalue weighted by molar-refractivity contribution is -0.170. The number of nitrogens with zero attached hydrogens (tertiary/aromatic N) is 1. The molecule has 1 saturated heterocycles. The molecule has 5 nitrogen and oxygen atoms in total. The number of hydrogen-bond donors (Lipinski definition) is 1. The summed E-state index contributed by atoms with van der Waals surface area (Å²) >= 11 is 0. The Hall–Kier alpha value is -1.10. The highest BCUT2D eigenvalue weighted by Crippen LogP contribution is 2.26. The lowest BCUT2D eigenvalue weighted by atomic mass is 9.91. The van der Waals surface area contributed by atoms with Crippen molar-refractivity contribution < 1.29 is 19.4 Å². The van der Waals surface area contributed by atoms with Gasteiger partial charge in [-0.2, -0.15) is 0 Å². The number of hydrogen-bond acceptors (Lipinski definition) is 3. The van der Waals surface area contributed by atoms with Crippen molar-refractivity contribution in [1.82, 2.24) is 4.90 Å². The minimum atomic E-state index is -1.10. The smallest absolute Gasteiger partial charge is 0.336 e. The Bertz CT molecular complexity index is 295. The molecule has 0 aromatic rings. The number of amides is 1. The van der Waals surface area contributed by atoms with E-state index in [9.17, 15) is 9.59 Å². The van der Waals surface area contributed by atoms with Gasteiger partial charge in [-0.05, 0) is 6.42 Å². The van der Waals surface area contributed by atoms with Gasteiger partial charge in [-0.15, -0.1) is 0 Å². The minimum absolute atomic E-state index is 0.138. The van der Waals surface area contributed by atoms with E-state index in [0.29, 0.717) is 32.4 Å². The van der Waals surface area contributed by atoms with Crippen LogP contribution < -0.4 is 0 Å². The van der Waals surface area contributed by atoms with E-state index in [1.54, 1.807) is 4.90 Å². The van der Waals surface area contributed by atoms with Crippen LogP contribution >= 0.6 is 0 Å².